The smallest absolute Gasteiger partial charge is 0.311 e. The van der Waals surface area contributed by atoms with Gasteiger partial charge in [0.15, 0.2) is 0 Å². The van der Waals surface area contributed by atoms with Crippen LogP contribution < -0.4 is 0 Å². The number of esters is 1. The van der Waals surface area contributed by atoms with Crippen LogP contribution >= 0.6 is 0 Å². The Hall–Kier alpha value is -0.530. The highest BCUT2D eigenvalue weighted by Gasteiger charge is 2.51. The molecule has 2 fully saturated rings. The summed E-state index contributed by atoms with van der Waals surface area (Å²) in [7, 11) is 0. The summed E-state index contributed by atoms with van der Waals surface area (Å²) in [6.45, 7) is 9.46. The van der Waals surface area contributed by atoms with Crippen molar-refractivity contribution in [2.24, 2.45) is 29.1 Å². The van der Waals surface area contributed by atoms with Crippen molar-refractivity contribution in [2.75, 3.05) is 6.61 Å². The van der Waals surface area contributed by atoms with Crippen molar-refractivity contribution in [1.82, 2.24) is 0 Å². The summed E-state index contributed by atoms with van der Waals surface area (Å²) in [4.78, 5) is 12.2. The van der Waals surface area contributed by atoms with E-state index < -0.39 is 0 Å². The van der Waals surface area contributed by atoms with E-state index in [1.54, 1.807) is 0 Å². The van der Waals surface area contributed by atoms with Gasteiger partial charge in [-0.2, -0.15) is 0 Å². The minimum atomic E-state index is -0.207. The maximum absolute atomic E-state index is 12.2. The molecule has 0 aromatic heterocycles. The van der Waals surface area contributed by atoms with Gasteiger partial charge in [0.25, 0.3) is 0 Å². The molecule has 2 aliphatic carbocycles. The Kier molecular flexibility index (Phi) is 3.51. The zero-order valence-electron chi connectivity index (χ0n) is 11.7. The van der Waals surface area contributed by atoms with Gasteiger partial charge in [0.1, 0.15) is 0 Å². The van der Waals surface area contributed by atoms with E-state index in [0.717, 1.165) is 42.9 Å². The molecule has 4 atom stereocenters. The second kappa shape index (κ2) is 4.62. The van der Waals surface area contributed by atoms with E-state index in [1.807, 2.05) is 6.92 Å². The van der Waals surface area contributed by atoms with Gasteiger partial charge in [-0.1, -0.05) is 20.8 Å². The van der Waals surface area contributed by atoms with Gasteiger partial charge in [-0.25, -0.2) is 0 Å². The summed E-state index contributed by atoms with van der Waals surface area (Å²) < 4.78 is 5.39. The Morgan fingerprint density at radius 3 is 2.24 bits per heavy atom. The van der Waals surface area contributed by atoms with Crippen LogP contribution in [0.25, 0.3) is 0 Å². The Morgan fingerprint density at radius 1 is 1.24 bits per heavy atom. The average Bonchev–Trinajstić information content (AvgIpc) is 2.50. The zero-order valence-corrected chi connectivity index (χ0v) is 11.7. The number of hydrogen-bond acceptors (Lipinski definition) is 2. The third-order valence-electron chi connectivity index (χ3n) is 5.28. The molecule has 0 aromatic carbocycles. The van der Waals surface area contributed by atoms with Crippen molar-refractivity contribution < 1.29 is 9.53 Å². The molecule has 0 aliphatic heterocycles. The van der Waals surface area contributed by atoms with Crippen molar-refractivity contribution in [2.45, 2.75) is 53.4 Å². The van der Waals surface area contributed by atoms with E-state index in [0.29, 0.717) is 6.61 Å². The largest absolute Gasteiger partial charge is 0.465 e. The van der Waals surface area contributed by atoms with Crippen molar-refractivity contribution in [1.29, 1.82) is 0 Å². The molecule has 0 heterocycles. The molecule has 0 N–H and O–H groups in total. The SMILES string of the molecule is CCCOC(=O)C1(C)CC2CC(C1)C(C)C2C. The van der Waals surface area contributed by atoms with Crippen LogP contribution in [0.1, 0.15) is 53.4 Å². The maximum Gasteiger partial charge on any atom is 0.311 e. The molecule has 0 aromatic rings. The molecule has 0 radical (unpaired) electrons. The monoisotopic (exact) mass is 238 g/mol. The summed E-state index contributed by atoms with van der Waals surface area (Å²) in [5.41, 5.74) is -0.207. The fourth-order valence-electron chi connectivity index (χ4n) is 3.99. The molecule has 4 unspecified atom stereocenters. The zero-order chi connectivity index (χ0) is 12.6. The summed E-state index contributed by atoms with van der Waals surface area (Å²) in [5, 5.41) is 0. The number of rotatable bonds is 3. The second-order valence-electron chi connectivity index (χ2n) is 6.58. The lowest BCUT2D eigenvalue weighted by Gasteiger charge is -2.36. The van der Waals surface area contributed by atoms with Crippen LogP contribution in [0.4, 0.5) is 0 Å². The first-order valence-corrected chi connectivity index (χ1v) is 7.15. The third kappa shape index (κ3) is 2.23. The Morgan fingerprint density at radius 2 is 1.76 bits per heavy atom. The minimum Gasteiger partial charge on any atom is -0.465 e. The number of carbonyl (C=O) groups is 1. The van der Waals surface area contributed by atoms with Crippen molar-refractivity contribution in [3.63, 3.8) is 0 Å². The quantitative estimate of drug-likeness (QED) is 0.702. The molecule has 2 heteroatoms. The van der Waals surface area contributed by atoms with Crippen molar-refractivity contribution >= 4 is 5.97 Å². The molecule has 0 amide bonds. The Labute approximate surface area is 105 Å². The molecule has 98 valence electrons. The van der Waals surface area contributed by atoms with Crippen LogP contribution in [0.2, 0.25) is 0 Å². The highest BCUT2D eigenvalue weighted by atomic mass is 16.5. The van der Waals surface area contributed by atoms with Gasteiger partial charge in [0.05, 0.1) is 12.0 Å². The van der Waals surface area contributed by atoms with E-state index in [9.17, 15) is 4.79 Å². The first-order valence-electron chi connectivity index (χ1n) is 7.15. The Balaban J connectivity index is 2.06. The summed E-state index contributed by atoms with van der Waals surface area (Å²) >= 11 is 0. The van der Waals surface area contributed by atoms with E-state index in [4.69, 9.17) is 4.74 Å². The van der Waals surface area contributed by atoms with Gasteiger partial charge in [0, 0.05) is 0 Å². The summed E-state index contributed by atoms with van der Waals surface area (Å²) in [5.74, 6) is 3.09. The maximum atomic E-state index is 12.2. The van der Waals surface area contributed by atoms with Crippen LogP contribution in [0.15, 0.2) is 0 Å². The average molecular weight is 238 g/mol. The number of fused-ring (bicyclic) bond motifs is 2. The molecular weight excluding hydrogens is 212 g/mol. The molecule has 2 nitrogen and oxygen atoms in total. The fraction of sp³-hybridized carbons (Fsp3) is 0.933. The van der Waals surface area contributed by atoms with E-state index >= 15 is 0 Å². The number of hydrogen-bond donors (Lipinski definition) is 0. The van der Waals surface area contributed by atoms with Gasteiger partial charge in [-0.3, -0.25) is 4.79 Å². The lowest BCUT2D eigenvalue weighted by Crippen LogP contribution is -2.36. The highest BCUT2D eigenvalue weighted by Crippen LogP contribution is 2.55. The lowest BCUT2D eigenvalue weighted by molar-refractivity contribution is -0.158. The normalized spacial score (nSPS) is 44.7. The third-order valence-corrected chi connectivity index (χ3v) is 5.28. The number of ether oxygens (including phenoxy) is 1. The second-order valence-corrected chi connectivity index (χ2v) is 6.58. The van der Waals surface area contributed by atoms with Crippen LogP contribution in [-0.2, 0) is 9.53 Å². The molecule has 2 aliphatic rings. The molecular formula is C15H26O2. The molecule has 2 saturated carbocycles. The molecule has 2 rings (SSSR count). The fourth-order valence-corrected chi connectivity index (χ4v) is 3.99. The van der Waals surface area contributed by atoms with E-state index in [-0.39, 0.29) is 11.4 Å². The molecule has 17 heavy (non-hydrogen) atoms. The molecule has 0 saturated heterocycles. The lowest BCUT2D eigenvalue weighted by atomic mass is 9.69. The highest BCUT2D eigenvalue weighted by molar-refractivity contribution is 5.76. The first kappa shape index (κ1) is 12.9. The Bertz CT molecular complexity index is 281. The number of carbonyl (C=O) groups excluding carboxylic acids is 1. The predicted octanol–water partition coefficient (Wildman–Crippen LogP) is 3.65. The van der Waals surface area contributed by atoms with E-state index in [1.165, 1.54) is 6.42 Å². The van der Waals surface area contributed by atoms with Gasteiger partial charge in [0.2, 0.25) is 0 Å². The van der Waals surface area contributed by atoms with Crippen LogP contribution in [0, 0.1) is 29.1 Å². The minimum absolute atomic E-state index is 0.0513. The summed E-state index contributed by atoms with van der Waals surface area (Å²) in [6, 6.07) is 0. The summed E-state index contributed by atoms with van der Waals surface area (Å²) in [6.07, 6.45) is 4.33. The van der Waals surface area contributed by atoms with E-state index in [2.05, 4.69) is 20.8 Å². The van der Waals surface area contributed by atoms with Crippen molar-refractivity contribution in [3.05, 3.63) is 0 Å². The molecule has 0 spiro atoms. The predicted molar refractivity (Wildman–Crippen MR) is 68.5 cm³/mol. The van der Waals surface area contributed by atoms with Crippen molar-refractivity contribution in [3.8, 4) is 0 Å². The topological polar surface area (TPSA) is 26.3 Å². The van der Waals surface area contributed by atoms with Crippen LogP contribution in [-0.4, -0.2) is 12.6 Å². The van der Waals surface area contributed by atoms with Crippen LogP contribution in [0.5, 0.6) is 0 Å². The van der Waals surface area contributed by atoms with Gasteiger partial charge < -0.3 is 4.74 Å². The van der Waals surface area contributed by atoms with Gasteiger partial charge >= 0.3 is 5.97 Å². The standard InChI is InChI=1S/C15H26O2/c1-5-6-17-14(16)15(4)8-12-7-13(9-15)11(3)10(12)2/h10-13H,5-9H2,1-4H3. The van der Waals surface area contributed by atoms with Crippen LogP contribution in [0.3, 0.4) is 0 Å². The van der Waals surface area contributed by atoms with Gasteiger partial charge in [-0.15, -0.1) is 0 Å². The van der Waals surface area contributed by atoms with Gasteiger partial charge in [-0.05, 0) is 56.3 Å². The first-order chi connectivity index (χ1) is 7.98. The molecule has 2 bridgehead atoms.